The number of methoxy groups -OCH3 is 1. The van der Waals surface area contributed by atoms with Crippen molar-refractivity contribution in [3.63, 3.8) is 0 Å². The largest absolute Gasteiger partial charge is 0.389 e. The van der Waals surface area contributed by atoms with E-state index in [4.69, 9.17) is 4.74 Å². The van der Waals surface area contributed by atoms with Crippen LogP contribution in [0.25, 0.3) is 16.7 Å². The topological polar surface area (TPSA) is 110 Å². The summed E-state index contributed by atoms with van der Waals surface area (Å²) in [7, 11) is 3.55. The van der Waals surface area contributed by atoms with E-state index in [9.17, 15) is 9.90 Å². The molecule has 0 unspecified atom stereocenters. The molecule has 1 aliphatic heterocycles. The van der Waals surface area contributed by atoms with E-state index in [1.165, 1.54) is 0 Å². The molecule has 1 saturated heterocycles. The van der Waals surface area contributed by atoms with Crippen molar-refractivity contribution in [3.8, 4) is 5.82 Å². The summed E-state index contributed by atoms with van der Waals surface area (Å²) >= 11 is 0. The van der Waals surface area contributed by atoms with Crippen LogP contribution < -0.4 is 5.32 Å². The molecule has 10 nitrogen and oxygen atoms in total. The van der Waals surface area contributed by atoms with Crippen LogP contribution in [0.15, 0.2) is 42.9 Å². The summed E-state index contributed by atoms with van der Waals surface area (Å²) in [6.45, 7) is 5.47. The maximum Gasteiger partial charge on any atom is 0.229 e. The van der Waals surface area contributed by atoms with E-state index < -0.39 is 6.10 Å². The van der Waals surface area contributed by atoms with Crippen molar-refractivity contribution < 1.29 is 14.6 Å². The summed E-state index contributed by atoms with van der Waals surface area (Å²) in [5, 5.41) is 18.9. The predicted octanol–water partition coefficient (Wildman–Crippen LogP) is 2.60. The van der Waals surface area contributed by atoms with E-state index in [0.29, 0.717) is 37.0 Å². The number of aliphatic hydroxyl groups is 1. The monoisotopic (exact) mass is 475 g/mol. The number of aromatic nitrogens is 5. The number of ether oxygens (including phenoxy) is 1. The van der Waals surface area contributed by atoms with Gasteiger partial charge in [0.1, 0.15) is 0 Å². The van der Waals surface area contributed by atoms with Crippen molar-refractivity contribution >= 4 is 28.3 Å². The minimum Gasteiger partial charge on any atom is -0.389 e. The van der Waals surface area contributed by atoms with Crippen molar-refractivity contribution in [2.75, 3.05) is 25.5 Å². The van der Waals surface area contributed by atoms with Crippen LogP contribution in [0.4, 0.5) is 11.6 Å². The molecule has 5 rings (SSSR count). The number of nitrogens with zero attached hydrogens (tertiary/aromatic N) is 6. The molecule has 0 radical (unpaired) electrons. The van der Waals surface area contributed by atoms with Crippen LogP contribution in [-0.2, 0) is 18.3 Å². The van der Waals surface area contributed by atoms with Gasteiger partial charge >= 0.3 is 0 Å². The summed E-state index contributed by atoms with van der Waals surface area (Å²) in [5.41, 5.74) is 4.43. The Hall–Kier alpha value is -3.60. The average molecular weight is 476 g/mol. The van der Waals surface area contributed by atoms with Crippen molar-refractivity contribution in [2.45, 2.75) is 32.6 Å². The Morgan fingerprint density at radius 3 is 2.83 bits per heavy atom. The molecule has 182 valence electrons. The van der Waals surface area contributed by atoms with Crippen LogP contribution in [0.3, 0.4) is 0 Å². The molecule has 4 aromatic rings. The van der Waals surface area contributed by atoms with Gasteiger partial charge < -0.3 is 19.7 Å². The number of fused-ring (bicyclic) bond motifs is 1. The average Bonchev–Trinajstić information content (AvgIpc) is 3.49. The van der Waals surface area contributed by atoms with Crippen LogP contribution in [0.1, 0.15) is 28.5 Å². The number of carbonyl (C=O) groups excluding carboxylic acids is 1. The zero-order chi connectivity index (χ0) is 24.7. The SMILES string of the molecule is CO[C@@H]1CN(Cc2cn(-c3ccnc(Nc4ccc5c(c4)c(C(C)=O)cn5C)n3)nc2C)C[C@@H]1O. The Balaban J connectivity index is 1.36. The van der Waals surface area contributed by atoms with Gasteiger partial charge in [0, 0.05) is 86.2 Å². The van der Waals surface area contributed by atoms with E-state index in [2.05, 4.69) is 25.3 Å². The number of hydrogen-bond donors (Lipinski definition) is 2. The molecular weight excluding hydrogens is 446 g/mol. The zero-order valence-corrected chi connectivity index (χ0v) is 20.3. The molecule has 35 heavy (non-hydrogen) atoms. The number of β-amino-alcohol motifs (C(OH)–C–C–N with tert-alkyl or cyclic N) is 1. The van der Waals surface area contributed by atoms with Crippen LogP contribution >= 0.6 is 0 Å². The fourth-order valence-electron chi connectivity index (χ4n) is 4.62. The first kappa shape index (κ1) is 23.2. The lowest BCUT2D eigenvalue weighted by molar-refractivity contribution is 0.0215. The molecule has 0 saturated carbocycles. The lowest BCUT2D eigenvalue weighted by Crippen LogP contribution is -2.25. The quantitative estimate of drug-likeness (QED) is 0.393. The Morgan fingerprint density at radius 1 is 1.26 bits per heavy atom. The first-order valence-electron chi connectivity index (χ1n) is 11.5. The van der Waals surface area contributed by atoms with E-state index in [-0.39, 0.29) is 11.9 Å². The highest BCUT2D eigenvalue weighted by molar-refractivity contribution is 6.07. The Bertz CT molecular complexity index is 1390. The summed E-state index contributed by atoms with van der Waals surface area (Å²) < 4.78 is 9.04. The number of carbonyl (C=O) groups is 1. The van der Waals surface area contributed by atoms with Crippen LogP contribution in [-0.4, -0.2) is 72.5 Å². The summed E-state index contributed by atoms with van der Waals surface area (Å²) in [6.07, 6.45) is 4.85. The first-order chi connectivity index (χ1) is 16.8. The number of anilines is 2. The molecule has 0 aliphatic carbocycles. The standard InChI is InChI=1S/C25H29N7O3/c1-15-17(10-31-13-22(34)23(14-31)35-4)11-32(29-15)24-7-8-26-25(28-24)27-18-5-6-21-19(9-18)20(16(2)33)12-30(21)3/h5-9,11-12,22-23,34H,10,13-14H2,1-4H3,(H,26,27,28)/t22-,23+/m0/s1. The predicted molar refractivity (Wildman–Crippen MR) is 132 cm³/mol. The van der Waals surface area contributed by atoms with Gasteiger partial charge in [-0.05, 0) is 32.0 Å². The smallest absolute Gasteiger partial charge is 0.229 e. The number of Topliss-reactive ketones (excluding diaryl/α,β-unsaturated/α-hetero) is 1. The van der Waals surface area contributed by atoms with Crippen LogP contribution in [0, 0.1) is 6.92 Å². The molecule has 1 aliphatic rings. The molecule has 0 spiro atoms. The molecule has 2 atom stereocenters. The van der Waals surface area contributed by atoms with Crippen LogP contribution in [0.2, 0.25) is 0 Å². The minimum atomic E-state index is -0.479. The molecule has 10 heteroatoms. The van der Waals surface area contributed by atoms with Gasteiger partial charge in [-0.1, -0.05) is 0 Å². The van der Waals surface area contributed by atoms with Gasteiger partial charge in [0.15, 0.2) is 11.6 Å². The van der Waals surface area contributed by atoms with Crippen molar-refractivity contribution in [3.05, 3.63) is 59.7 Å². The number of hydrogen-bond acceptors (Lipinski definition) is 8. The van der Waals surface area contributed by atoms with E-state index in [0.717, 1.165) is 27.8 Å². The summed E-state index contributed by atoms with van der Waals surface area (Å²) in [5.74, 6) is 1.10. The molecule has 1 aromatic carbocycles. The summed E-state index contributed by atoms with van der Waals surface area (Å²) in [6, 6.07) is 7.66. The number of nitrogens with one attached hydrogen (secondary N) is 1. The van der Waals surface area contributed by atoms with E-state index in [1.54, 1.807) is 31.0 Å². The lowest BCUT2D eigenvalue weighted by Gasteiger charge is -2.14. The molecule has 0 bridgehead atoms. The molecule has 4 heterocycles. The first-order valence-corrected chi connectivity index (χ1v) is 11.5. The number of likely N-dealkylation sites (tertiary alicyclic amines) is 1. The van der Waals surface area contributed by atoms with Gasteiger partial charge in [-0.25, -0.2) is 9.67 Å². The molecule has 0 amide bonds. The van der Waals surface area contributed by atoms with E-state index >= 15 is 0 Å². The van der Waals surface area contributed by atoms with Gasteiger partial charge in [-0.3, -0.25) is 9.69 Å². The highest BCUT2D eigenvalue weighted by Gasteiger charge is 2.31. The van der Waals surface area contributed by atoms with Gasteiger partial charge in [0.25, 0.3) is 0 Å². The third kappa shape index (κ3) is 4.55. The Labute approximate surface area is 203 Å². The third-order valence-corrected chi connectivity index (χ3v) is 6.51. The number of ketones is 1. The maximum atomic E-state index is 12.0. The van der Waals surface area contributed by atoms with Crippen molar-refractivity contribution in [1.29, 1.82) is 0 Å². The van der Waals surface area contributed by atoms with Crippen molar-refractivity contribution in [1.82, 2.24) is 29.2 Å². The second kappa shape index (κ2) is 9.21. The fraction of sp³-hybridized carbons (Fsp3) is 0.360. The fourth-order valence-corrected chi connectivity index (χ4v) is 4.62. The van der Waals surface area contributed by atoms with Gasteiger partial charge in [0.2, 0.25) is 5.95 Å². The van der Waals surface area contributed by atoms with E-state index in [1.807, 2.05) is 49.1 Å². The summed E-state index contributed by atoms with van der Waals surface area (Å²) in [4.78, 5) is 23.2. The number of aryl methyl sites for hydroxylation is 2. The maximum absolute atomic E-state index is 12.0. The highest BCUT2D eigenvalue weighted by Crippen LogP contribution is 2.26. The molecule has 3 aromatic heterocycles. The second-order valence-electron chi connectivity index (χ2n) is 9.03. The van der Waals surface area contributed by atoms with Crippen LogP contribution in [0.5, 0.6) is 0 Å². The number of rotatable bonds is 7. The molecule has 1 fully saturated rings. The zero-order valence-electron chi connectivity index (χ0n) is 20.3. The Kier molecular flexibility index (Phi) is 6.10. The number of aliphatic hydroxyl groups excluding tert-OH is 1. The normalized spacial score (nSPS) is 18.4. The van der Waals surface area contributed by atoms with Crippen molar-refractivity contribution in [2.24, 2.45) is 7.05 Å². The number of benzene rings is 1. The van der Waals surface area contributed by atoms with Gasteiger partial charge in [-0.2, -0.15) is 10.1 Å². The molecular formula is C25H29N7O3. The van der Waals surface area contributed by atoms with Gasteiger partial charge in [-0.15, -0.1) is 0 Å². The lowest BCUT2D eigenvalue weighted by atomic mass is 10.1. The third-order valence-electron chi connectivity index (χ3n) is 6.51. The Morgan fingerprint density at radius 2 is 2.09 bits per heavy atom. The second-order valence-corrected chi connectivity index (χ2v) is 9.03. The molecule has 2 N–H and O–H groups in total. The highest BCUT2D eigenvalue weighted by atomic mass is 16.5. The van der Waals surface area contributed by atoms with Gasteiger partial charge in [0.05, 0.1) is 17.9 Å². The minimum absolute atomic E-state index is 0.0250.